The van der Waals surface area contributed by atoms with Gasteiger partial charge in [0.05, 0.1) is 24.8 Å². The predicted octanol–water partition coefficient (Wildman–Crippen LogP) is 1.09. The highest BCUT2D eigenvalue weighted by Gasteiger charge is 2.34. The maximum atomic E-state index is 12.3. The lowest BCUT2D eigenvalue weighted by atomic mass is 10.0. The monoisotopic (exact) mass is 321 g/mol. The number of nitrogens with zero attached hydrogens (tertiary/aromatic N) is 1. The highest BCUT2D eigenvalue weighted by molar-refractivity contribution is 5.81. The zero-order valence-electron chi connectivity index (χ0n) is 13.5. The average molecular weight is 321 g/mol. The normalized spacial score (nSPS) is 25.1. The van der Waals surface area contributed by atoms with Crippen LogP contribution in [0, 0.1) is 18.8 Å². The van der Waals surface area contributed by atoms with Crippen LogP contribution in [0.1, 0.15) is 43.9 Å². The van der Waals surface area contributed by atoms with Crippen molar-refractivity contribution in [1.82, 2.24) is 15.6 Å². The fourth-order valence-electron chi connectivity index (χ4n) is 2.70. The number of nitrogens with one attached hydrogen (secondary N) is 2. The van der Waals surface area contributed by atoms with E-state index in [1.165, 1.54) is 0 Å². The van der Waals surface area contributed by atoms with E-state index < -0.39 is 0 Å². The van der Waals surface area contributed by atoms with E-state index in [0.29, 0.717) is 25.5 Å². The minimum atomic E-state index is -0.273. The number of aromatic nitrogens is 1. The smallest absolute Gasteiger partial charge is 0.226 e. The molecule has 2 heterocycles. The van der Waals surface area contributed by atoms with Gasteiger partial charge in [0.25, 0.3) is 0 Å². The van der Waals surface area contributed by atoms with E-state index in [2.05, 4.69) is 15.6 Å². The molecule has 1 saturated carbocycles. The van der Waals surface area contributed by atoms with Crippen molar-refractivity contribution in [1.29, 1.82) is 0 Å². The number of hydrogen-bond donors (Lipinski definition) is 2. The first-order chi connectivity index (χ1) is 11.0. The van der Waals surface area contributed by atoms with E-state index in [1.807, 2.05) is 13.8 Å². The molecule has 7 nitrogen and oxygen atoms in total. The summed E-state index contributed by atoms with van der Waals surface area (Å²) in [6, 6.07) is -0.273. The summed E-state index contributed by atoms with van der Waals surface area (Å²) in [7, 11) is 0. The van der Waals surface area contributed by atoms with Gasteiger partial charge in [0.1, 0.15) is 11.8 Å². The highest BCUT2D eigenvalue weighted by Crippen LogP contribution is 2.29. The molecule has 2 N–H and O–H groups in total. The molecule has 1 aromatic heterocycles. The van der Waals surface area contributed by atoms with Gasteiger partial charge < -0.3 is 19.8 Å². The van der Waals surface area contributed by atoms with Crippen LogP contribution in [0.15, 0.2) is 10.6 Å². The lowest BCUT2D eigenvalue weighted by molar-refractivity contribution is -0.126. The molecule has 23 heavy (non-hydrogen) atoms. The lowest BCUT2D eigenvalue weighted by Gasteiger charge is -2.14. The Kier molecular flexibility index (Phi) is 4.66. The number of aryl methyl sites for hydroxylation is 1. The fraction of sp³-hybridized carbons (Fsp3) is 0.688. The van der Waals surface area contributed by atoms with E-state index in [4.69, 9.17) is 9.15 Å². The van der Waals surface area contributed by atoms with Crippen molar-refractivity contribution < 1.29 is 18.7 Å². The van der Waals surface area contributed by atoms with Crippen molar-refractivity contribution in [2.75, 3.05) is 13.2 Å². The average Bonchev–Trinajstić information content (AvgIpc) is 3.10. The number of hydrogen-bond acceptors (Lipinski definition) is 5. The molecule has 2 fully saturated rings. The Morgan fingerprint density at radius 3 is 2.78 bits per heavy atom. The molecule has 1 saturated heterocycles. The lowest BCUT2D eigenvalue weighted by Crippen LogP contribution is -2.35. The second-order valence-electron chi connectivity index (χ2n) is 6.45. The topological polar surface area (TPSA) is 93.5 Å². The molecule has 1 unspecified atom stereocenters. The van der Waals surface area contributed by atoms with Crippen LogP contribution in [0.3, 0.4) is 0 Å². The molecule has 126 valence electrons. The number of rotatable bonds is 6. The van der Waals surface area contributed by atoms with Gasteiger partial charge in [-0.2, -0.15) is 0 Å². The Bertz CT molecular complexity index is 582. The van der Waals surface area contributed by atoms with Crippen LogP contribution in [0.2, 0.25) is 0 Å². The molecular weight excluding hydrogens is 298 g/mol. The van der Waals surface area contributed by atoms with Crippen LogP contribution in [0.4, 0.5) is 0 Å². The highest BCUT2D eigenvalue weighted by atomic mass is 16.5. The van der Waals surface area contributed by atoms with Crippen molar-refractivity contribution in [3.05, 3.63) is 17.8 Å². The van der Waals surface area contributed by atoms with Crippen LogP contribution < -0.4 is 10.6 Å². The summed E-state index contributed by atoms with van der Waals surface area (Å²) in [4.78, 5) is 28.0. The van der Waals surface area contributed by atoms with Gasteiger partial charge in [-0.15, -0.1) is 0 Å². The molecule has 0 spiro atoms. The summed E-state index contributed by atoms with van der Waals surface area (Å²) in [5.74, 6) is 1.26. The van der Waals surface area contributed by atoms with E-state index >= 15 is 0 Å². The molecule has 1 aliphatic carbocycles. The molecule has 1 aromatic rings. The fourth-order valence-corrected chi connectivity index (χ4v) is 2.70. The largest absolute Gasteiger partial charge is 0.444 e. The Labute approximate surface area is 135 Å². The van der Waals surface area contributed by atoms with Gasteiger partial charge in [0.2, 0.25) is 17.7 Å². The third-order valence-electron chi connectivity index (χ3n) is 4.27. The van der Waals surface area contributed by atoms with Crippen molar-refractivity contribution >= 4 is 11.8 Å². The van der Waals surface area contributed by atoms with Crippen LogP contribution in [-0.4, -0.2) is 36.1 Å². The maximum absolute atomic E-state index is 12.3. The number of carbonyl (C=O) groups excluding carboxylic acids is 2. The minimum absolute atomic E-state index is 0.0654. The van der Waals surface area contributed by atoms with Crippen molar-refractivity contribution in [2.24, 2.45) is 11.8 Å². The Balaban J connectivity index is 1.42. The number of ether oxygens (including phenoxy) is 1. The van der Waals surface area contributed by atoms with Crippen molar-refractivity contribution in [2.45, 2.75) is 45.3 Å². The second kappa shape index (κ2) is 6.70. The summed E-state index contributed by atoms with van der Waals surface area (Å²) >= 11 is 0. The van der Waals surface area contributed by atoms with Gasteiger partial charge >= 0.3 is 0 Å². The zero-order chi connectivity index (χ0) is 16.4. The summed E-state index contributed by atoms with van der Waals surface area (Å²) in [6.45, 7) is 4.52. The third kappa shape index (κ3) is 4.10. The summed E-state index contributed by atoms with van der Waals surface area (Å²) in [5, 5.41) is 5.80. The second-order valence-corrected chi connectivity index (χ2v) is 6.45. The quantitative estimate of drug-likeness (QED) is 0.818. The Morgan fingerprint density at radius 1 is 1.35 bits per heavy atom. The van der Waals surface area contributed by atoms with E-state index in [9.17, 15) is 9.59 Å². The number of carbonyl (C=O) groups is 2. The predicted molar refractivity (Wildman–Crippen MR) is 81.4 cm³/mol. The Hall–Kier alpha value is -1.89. The first-order valence-corrected chi connectivity index (χ1v) is 8.15. The number of oxazole rings is 1. The maximum Gasteiger partial charge on any atom is 0.226 e. The first kappa shape index (κ1) is 16.0. The first-order valence-electron chi connectivity index (χ1n) is 8.15. The van der Waals surface area contributed by atoms with Gasteiger partial charge in [-0.1, -0.05) is 0 Å². The molecule has 0 radical (unpaired) electrons. The molecular formula is C16H23N3O4. The zero-order valence-corrected chi connectivity index (χ0v) is 13.5. The van der Waals surface area contributed by atoms with Crippen LogP contribution >= 0.6 is 0 Å². The summed E-state index contributed by atoms with van der Waals surface area (Å²) in [6.07, 6.45) is 4.14. The standard InChI is InChI=1S/C16H23N3O4/c1-9-6-18-16(23-9)10(2)19-15(21)12-5-13(22-8-12)7-17-14(20)11-3-4-11/h6,10-13H,3-5,7-8H2,1-2H3,(H,17,20)(H,19,21)/t10?,12-,13-/m0/s1. The molecule has 3 rings (SSSR count). The molecule has 2 amide bonds. The SMILES string of the molecule is Cc1cnc(C(C)NC(=O)[C@@H]2CO[C@H](CNC(=O)C3CC3)C2)o1. The molecule has 1 aliphatic heterocycles. The summed E-state index contributed by atoms with van der Waals surface area (Å²) in [5.41, 5.74) is 0. The van der Waals surface area contributed by atoms with E-state index in [1.54, 1.807) is 6.20 Å². The van der Waals surface area contributed by atoms with E-state index in [-0.39, 0.29) is 35.8 Å². The molecule has 0 bridgehead atoms. The van der Waals surface area contributed by atoms with Crippen LogP contribution in [0.5, 0.6) is 0 Å². The van der Waals surface area contributed by atoms with Gasteiger partial charge in [0, 0.05) is 12.5 Å². The van der Waals surface area contributed by atoms with Crippen molar-refractivity contribution in [3.8, 4) is 0 Å². The Morgan fingerprint density at radius 2 is 2.13 bits per heavy atom. The molecule has 3 atom stereocenters. The van der Waals surface area contributed by atoms with Crippen LogP contribution in [-0.2, 0) is 14.3 Å². The van der Waals surface area contributed by atoms with Gasteiger partial charge in [-0.05, 0) is 33.1 Å². The van der Waals surface area contributed by atoms with E-state index in [0.717, 1.165) is 18.6 Å². The molecule has 0 aromatic carbocycles. The third-order valence-corrected chi connectivity index (χ3v) is 4.27. The van der Waals surface area contributed by atoms with Crippen LogP contribution in [0.25, 0.3) is 0 Å². The van der Waals surface area contributed by atoms with Gasteiger partial charge in [0.15, 0.2) is 0 Å². The number of amides is 2. The minimum Gasteiger partial charge on any atom is -0.444 e. The molecule has 2 aliphatic rings. The summed E-state index contributed by atoms with van der Waals surface area (Å²) < 4.78 is 11.0. The molecule has 7 heteroatoms. The van der Waals surface area contributed by atoms with Gasteiger partial charge in [-0.25, -0.2) is 4.98 Å². The van der Waals surface area contributed by atoms with Crippen molar-refractivity contribution in [3.63, 3.8) is 0 Å². The van der Waals surface area contributed by atoms with Gasteiger partial charge in [-0.3, -0.25) is 9.59 Å².